The zero-order valence-electron chi connectivity index (χ0n) is 17.4. The maximum absolute atomic E-state index is 6.80. The normalized spacial score (nSPS) is 20.7. The number of imidazole rings is 1. The average molecular weight is 512 g/mol. The lowest BCUT2D eigenvalue weighted by Crippen LogP contribution is -2.33. The van der Waals surface area contributed by atoms with Gasteiger partial charge in [0.2, 0.25) is 0 Å². The summed E-state index contributed by atoms with van der Waals surface area (Å²) in [6.45, 7) is 0. The van der Waals surface area contributed by atoms with Crippen LogP contribution in [0.3, 0.4) is 0 Å². The van der Waals surface area contributed by atoms with Crippen molar-refractivity contribution in [3.05, 3.63) is 88.4 Å². The van der Waals surface area contributed by atoms with Gasteiger partial charge in [-0.2, -0.15) is 11.8 Å². The van der Waals surface area contributed by atoms with E-state index >= 15 is 0 Å². The Labute approximate surface area is 208 Å². The molecule has 0 spiro atoms. The molecule has 0 bridgehead atoms. The van der Waals surface area contributed by atoms with E-state index in [0.717, 1.165) is 41.4 Å². The fraction of sp³-hybridized carbons (Fsp3) is 0.375. The molecule has 0 amide bonds. The Morgan fingerprint density at radius 3 is 2.47 bits per heavy atom. The molecular formula is C24H25Cl3N2O2S. The average Bonchev–Trinajstić information content (AvgIpc) is 3.35. The minimum absolute atomic E-state index is 0.152. The minimum atomic E-state index is -0.457. The molecule has 4 atom stereocenters. The van der Waals surface area contributed by atoms with Crippen LogP contribution in [0.1, 0.15) is 42.0 Å². The molecule has 0 N–H and O–H groups in total. The molecule has 4 nitrogen and oxygen atoms in total. The number of hydrogen-bond donors (Lipinski definition) is 0. The highest BCUT2D eigenvalue weighted by molar-refractivity contribution is 7.98. The molecule has 1 saturated heterocycles. The van der Waals surface area contributed by atoms with Crippen LogP contribution in [0.5, 0.6) is 0 Å². The Hall–Kier alpha value is -1.21. The van der Waals surface area contributed by atoms with Crippen LogP contribution >= 0.6 is 46.6 Å². The number of ether oxygens (including phenoxy) is 2. The van der Waals surface area contributed by atoms with Crippen molar-refractivity contribution in [1.82, 2.24) is 9.55 Å². The number of hydrogen-bond acceptors (Lipinski definition) is 4. The molecule has 1 fully saturated rings. The second-order valence-corrected chi connectivity index (χ2v) is 10.1. The number of alkyl halides is 1. The molecule has 4 rings (SSSR count). The van der Waals surface area contributed by atoms with E-state index in [0.29, 0.717) is 5.02 Å². The van der Waals surface area contributed by atoms with Gasteiger partial charge < -0.3 is 14.0 Å². The monoisotopic (exact) mass is 510 g/mol. The Balaban J connectivity index is 1.37. The van der Waals surface area contributed by atoms with E-state index in [2.05, 4.69) is 17.1 Å². The molecule has 1 aromatic heterocycles. The molecule has 1 aliphatic heterocycles. The van der Waals surface area contributed by atoms with Gasteiger partial charge >= 0.3 is 0 Å². The summed E-state index contributed by atoms with van der Waals surface area (Å²) in [5.41, 5.74) is 1.75. The molecule has 170 valence electrons. The van der Waals surface area contributed by atoms with Crippen molar-refractivity contribution in [2.45, 2.75) is 49.0 Å². The van der Waals surface area contributed by atoms with E-state index in [1.165, 1.54) is 5.56 Å². The van der Waals surface area contributed by atoms with Gasteiger partial charge in [0.05, 0.1) is 12.4 Å². The van der Waals surface area contributed by atoms with Gasteiger partial charge in [0.25, 0.3) is 0 Å². The first kappa shape index (κ1) is 23.9. The number of nitrogens with zero attached hydrogens (tertiary/aromatic N) is 2. The summed E-state index contributed by atoms with van der Waals surface area (Å²) in [6.07, 6.45) is 7.62. The van der Waals surface area contributed by atoms with Crippen LogP contribution in [0.4, 0.5) is 0 Å². The minimum Gasteiger partial charge on any atom is -0.349 e. The van der Waals surface area contributed by atoms with Crippen LogP contribution in [0.2, 0.25) is 10.0 Å². The first-order chi connectivity index (χ1) is 15.6. The number of rotatable bonds is 9. The van der Waals surface area contributed by atoms with Gasteiger partial charge in [-0.25, -0.2) is 4.98 Å². The number of benzene rings is 2. The molecule has 32 heavy (non-hydrogen) atoms. The first-order valence-electron chi connectivity index (χ1n) is 10.6. The maximum Gasteiger partial charge on any atom is 0.158 e. The summed E-state index contributed by atoms with van der Waals surface area (Å²) >= 11 is 20.7. The van der Waals surface area contributed by atoms with Gasteiger partial charge in [0, 0.05) is 33.9 Å². The van der Waals surface area contributed by atoms with Crippen molar-refractivity contribution in [2.24, 2.45) is 0 Å². The lowest BCUT2D eigenvalue weighted by molar-refractivity contribution is -0.214. The van der Waals surface area contributed by atoms with Crippen molar-refractivity contribution in [2.75, 3.05) is 5.75 Å². The Morgan fingerprint density at radius 1 is 1.06 bits per heavy atom. The summed E-state index contributed by atoms with van der Waals surface area (Å²) in [6, 6.07) is 15.6. The molecular weight excluding hydrogens is 487 g/mol. The third-order valence-electron chi connectivity index (χ3n) is 5.35. The highest BCUT2D eigenvalue weighted by atomic mass is 35.5. The molecule has 2 aromatic carbocycles. The predicted molar refractivity (Wildman–Crippen MR) is 133 cm³/mol. The SMILES string of the molecule is Clc1ccc(CSCC2CCCC(OC(c3ccc(Cl)cc3)C(Cl)n3ccnc3)O2)cc1. The zero-order chi connectivity index (χ0) is 22.3. The van der Waals surface area contributed by atoms with Crippen molar-refractivity contribution in [1.29, 1.82) is 0 Å². The largest absolute Gasteiger partial charge is 0.349 e. The molecule has 8 heteroatoms. The smallest absolute Gasteiger partial charge is 0.158 e. The van der Waals surface area contributed by atoms with Gasteiger partial charge in [-0.3, -0.25) is 0 Å². The molecule has 0 aliphatic carbocycles. The highest BCUT2D eigenvalue weighted by Gasteiger charge is 2.30. The van der Waals surface area contributed by atoms with Gasteiger partial charge in [-0.15, -0.1) is 0 Å². The van der Waals surface area contributed by atoms with E-state index in [1.807, 2.05) is 58.9 Å². The van der Waals surface area contributed by atoms with E-state index in [4.69, 9.17) is 44.3 Å². The van der Waals surface area contributed by atoms with Crippen LogP contribution in [-0.2, 0) is 15.2 Å². The van der Waals surface area contributed by atoms with Crippen molar-refractivity contribution in [3.8, 4) is 0 Å². The fourth-order valence-corrected chi connectivity index (χ4v) is 5.29. The summed E-state index contributed by atoms with van der Waals surface area (Å²) in [5, 5.41) is 1.44. The molecule has 0 radical (unpaired) electrons. The fourth-order valence-electron chi connectivity index (χ4n) is 3.66. The van der Waals surface area contributed by atoms with Gasteiger partial charge in [-0.05, 0) is 54.7 Å². The lowest BCUT2D eigenvalue weighted by Gasteiger charge is -2.34. The zero-order valence-corrected chi connectivity index (χ0v) is 20.5. The van der Waals surface area contributed by atoms with Gasteiger partial charge in [0.1, 0.15) is 11.6 Å². The molecule has 0 saturated carbocycles. The maximum atomic E-state index is 6.80. The van der Waals surface area contributed by atoms with E-state index in [1.54, 1.807) is 12.5 Å². The highest BCUT2D eigenvalue weighted by Crippen LogP contribution is 2.37. The standard InChI is InChI=1S/C24H25Cl3N2O2S/c25-19-8-4-17(5-9-19)14-32-15-21-2-1-3-22(30-21)31-23(18-6-10-20(26)11-7-18)24(27)29-13-12-28-16-29/h4-13,16,21-24H,1-3,14-15H2. The summed E-state index contributed by atoms with van der Waals surface area (Å²) in [7, 11) is 0. The molecule has 1 aliphatic rings. The van der Waals surface area contributed by atoms with Crippen molar-refractivity contribution in [3.63, 3.8) is 0 Å². The Morgan fingerprint density at radius 2 is 1.78 bits per heavy atom. The van der Waals surface area contributed by atoms with Crippen molar-refractivity contribution >= 4 is 46.6 Å². The number of aromatic nitrogens is 2. The second kappa shape index (κ2) is 11.8. The van der Waals surface area contributed by atoms with Crippen LogP contribution < -0.4 is 0 Å². The first-order valence-corrected chi connectivity index (χ1v) is 12.9. The Bertz CT molecular complexity index is 954. The van der Waals surface area contributed by atoms with Crippen LogP contribution in [0, 0.1) is 0 Å². The topological polar surface area (TPSA) is 36.3 Å². The van der Waals surface area contributed by atoms with E-state index < -0.39 is 11.6 Å². The Kier molecular flexibility index (Phi) is 8.81. The third-order valence-corrected chi connectivity index (χ3v) is 7.46. The number of halogens is 3. The molecule has 2 heterocycles. The van der Waals surface area contributed by atoms with Crippen LogP contribution in [-0.4, -0.2) is 27.7 Å². The van der Waals surface area contributed by atoms with Crippen LogP contribution in [0.25, 0.3) is 0 Å². The quantitative estimate of drug-likeness (QED) is 0.278. The van der Waals surface area contributed by atoms with Crippen LogP contribution in [0.15, 0.2) is 67.3 Å². The summed E-state index contributed by atoms with van der Waals surface area (Å²) in [5.74, 6) is 1.85. The van der Waals surface area contributed by atoms with E-state index in [9.17, 15) is 0 Å². The van der Waals surface area contributed by atoms with Crippen molar-refractivity contribution < 1.29 is 9.47 Å². The molecule has 4 unspecified atom stereocenters. The second-order valence-electron chi connectivity index (χ2n) is 7.75. The van der Waals surface area contributed by atoms with E-state index in [-0.39, 0.29) is 12.4 Å². The third kappa shape index (κ3) is 6.66. The van der Waals surface area contributed by atoms with Gasteiger partial charge in [-0.1, -0.05) is 59.1 Å². The van der Waals surface area contributed by atoms with Gasteiger partial charge in [0.15, 0.2) is 6.29 Å². The predicted octanol–water partition coefficient (Wildman–Crippen LogP) is 7.51. The molecule has 3 aromatic rings. The summed E-state index contributed by atoms with van der Waals surface area (Å²) in [4.78, 5) is 4.12. The lowest BCUT2D eigenvalue weighted by atomic mass is 10.1. The summed E-state index contributed by atoms with van der Waals surface area (Å²) < 4.78 is 14.6. The number of thioether (sulfide) groups is 1.